The standard InChI is InChI=1S/C24H24ClF3N6/c1-29-20-13-17(16-7-11-33(12-8-16)22-19(25)6-4-10-32-22)14-34(23(20)30-2)15-21-18(24(26,27)28)5-3-9-31-21/h3-6,9-10,13,16H,1-2,7-8,11-12,14-15H2. The first-order valence-electron chi connectivity index (χ1n) is 10.8. The van der Waals surface area contributed by atoms with E-state index < -0.39 is 11.7 Å². The fraction of sp³-hybridized carbons (Fsp3) is 0.333. The molecule has 34 heavy (non-hydrogen) atoms. The van der Waals surface area contributed by atoms with Crippen LogP contribution >= 0.6 is 11.6 Å². The molecule has 0 aromatic carbocycles. The predicted octanol–water partition coefficient (Wildman–Crippen LogP) is 5.38. The zero-order chi connectivity index (χ0) is 24.3. The minimum absolute atomic E-state index is 0.0667. The van der Waals surface area contributed by atoms with Gasteiger partial charge in [-0.2, -0.15) is 13.2 Å². The van der Waals surface area contributed by atoms with Crippen LogP contribution in [0, 0.1) is 5.92 Å². The molecule has 4 rings (SSSR count). The van der Waals surface area contributed by atoms with Gasteiger partial charge in [-0.05, 0) is 68.1 Å². The van der Waals surface area contributed by atoms with Gasteiger partial charge in [0.25, 0.3) is 0 Å². The number of halogens is 4. The van der Waals surface area contributed by atoms with Gasteiger partial charge < -0.3 is 9.80 Å². The second-order valence-corrected chi connectivity index (χ2v) is 8.57. The number of pyridine rings is 2. The van der Waals surface area contributed by atoms with Gasteiger partial charge in [0, 0.05) is 32.0 Å². The van der Waals surface area contributed by atoms with Gasteiger partial charge >= 0.3 is 6.18 Å². The summed E-state index contributed by atoms with van der Waals surface area (Å²) >= 11 is 6.30. The molecule has 0 aliphatic carbocycles. The molecule has 178 valence electrons. The van der Waals surface area contributed by atoms with E-state index in [1.54, 1.807) is 17.2 Å². The Bertz CT molecular complexity index is 1140. The Morgan fingerprint density at radius 1 is 1.06 bits per heavy atom. The Morgan fingerprint density at radius 2 is 1.76 bits per heavy atom. The zero-order valence-electron chi connectivity index (χ0n) is 18.5. The Hall–Kier alpha value is -3.20. The van der Waals surface area contributed by atoms with Crippen molar-refractivity contribution in [3.63, 3.8) is 0 Å². The number of aliphatic imine (C=N–C) groups is 2. The number of hydrogen-bond acceptors (Lipinski definition) is 6. The molecule has 0 bridgehead atoms. The van der Waals surface area contributed by atoms with Crippen LogP contribution in [0.3, 0.4) is 0 Å². The van der Waals surface area contributed by atoms with Gasteiger partial charge in [-0.3, -0.25) is 9.98 Å². The lowest BCUT2D eigenvalue weighted by atomic mass is 9.87. The number of nitrogens with zero attached hydrogens (tertiary/aromatic N) is 6. The summed E-state index contributed by atoms with van der Waals surface area (Å²) in [6, 6.07) is 5.95. The van der Waals surface area contributed by atoms with Crippen LogP contribution in [-0.2, 0) is 12.7 Å². The third-order valence-electron chi connectivity index (χ3n) is 6.14. The van der Waals surface area contributed by atoms with Gasteiger partial charge in [0.1, 0.15) is 11.5 Å². The molecule has 0 spiro atoms. The Balaban J connectivity index is 1.55. The lowest BCUT2D eigenvalue weighted by molar-refractivity contribution is -0.138. The number of aromatic nitrogens is 2. The molecule has 0 N–H and O–H groups in total. The maximum absolute atomic E-state index is 13.5. The van der Waals surface area contributed by atoms with Crippen molar-refractivity contribution in [2.75, 3.05) is 24.5 Å². The molecule has 4 heterocycles. The van der Waals surface area contributed by atoms with E-state index in [0.717, 1.165) is 43.4 Å². The fourth-order valence-electron chi connectivity index (χ4n) is 4.49. The van der Waals surface area contributed by atoms with Gasteiger partial charge in [-0.1, -0.05) is 11.6 Å². The summed E-state index contributed by atoms with van der Waals surface area (Å²) in [6.07, 6.45) is 2.23. The Kier molecular flexibility index (Phi) is 7.02. The van der Waals surface area contributed by atoms with E-state index in [4.69, 9.17) is 11.6 Å². The van der Waals surface area contributed by atoms with E-state index in [2.05, 4.69) is 38.3 Å². The molecular weight excluding hydrogens is 465 g/mol. The number of alkyl halides is 3. The van der Waals surface area contributed by atoms with Crippen molar-refractivity contribution in [3.8, 4) is 0 Å². The summed E-state index contributed by atoms with van der Waals surface area (Å²) in [5.74, 6) is 1.40. The van der Waals surface area contributed by atoms with Crippen LogP contribution in [0.5, 0.6) is 0 Å². The normalized spacial score (nSPS) is 17.6. The van der Waals surface area contributed by atoms with Crippen LogP contribution in [-0.4, -0.2) is 47.9 Å². The Morgan fingerprint density at radius 3 is 2.41 bits per heavy atom. The molecule has 0 atom stereocenters. The minimum atomic E-state index is -4.50. The zero-order valence-corrected chi connectivity index (χ0v) is 19.2. The summed E-state index contributed by atoms with van der Waals surface area (Å²) in [6.45, 7) is 9.11. The molecule has 2 aromatic heterocycles. The molecule has 2 aromatic rings. The maximum atomic E-state index is 13.5. The number of piperidine rings is 1. The molecule has 0 saturated carbocycles. The SMILES string of the molecule is C=NC1=C(N=C)N(Cc2ncccc2C(F)(F)F)CC(C2CCN(c3ncccc3Cl)CC2)=C1. The number of anilines is 1. The van der Waals surface area contributed by atoms with Crippen LogP contribution in [0.2, 0.25) is 5.02 Å². The van der Waals surface area contributed by atoms with Crippen LogP contribution in [0.4, 0.5) is 19.0 Å². The third kappa shape index (κ3) is 4.99. The lowest BCUT2D eigenvalue weighted by Gasteiger charge is -2.38. The van der Waals surface area contributed by atoms with E-state index in [1.165, 1.54) is 12.3 Å². The first kappa shape index (κ1) is 23.9. The minimum Gasteiger partial charge on any atom is -0.355 e. The number of allylic oxidation sites excluding steroid dienone is 1. The number of rotatable bonds is 6. The second kappa shape index (κ2) is 9.97. The van der Waals surface area contributed by atoms with Crippen molar-refractivity contribution in [3.05, 3.63) is 76.1 Å². The van der Waals surface area contributed by atoms with E-state index in [9.17, 15) is 13.2 Å². The van der Waals surface area contributed by atoms with Crippen molar-refractivity contribution in [2.45, 2.75) is 25.6 Å². The average Bonchev–Trinajstić information content (AvgIpc) is 2.83. The van der Waals surface area contributed by atoms with Crippen molar-refractivity contribution in [1.29, 1.82) is 0 Å². The molecule has 0 radical (unpaired) electrons. The van der Waals surface area contributed by atoms with Crippen LogP contribution in [0.15, 0.2) is 69.8 Å². The predicted molar refractivity (Wildman–Crippen MR) is 128 cm³/mol. The second-order valence-electron chi connectivity index (χ2n) is 8.17. The lowest BCUT2D eigenvalue weighted by Crippen LogP contribution is -2.38. The summed E-state index contributed by atoms with van der Waals surface area (Å²) in [5, 5.41) is 0.614. The molecule has 2 aliphatic heterocycles. The highest BCUT2D eigenvalue weighted by Gasteiger charge is 2.35. The van der Waals surface area contributed by atoms with E-state index in [0.29, 0.717) is 23.1 Å². The number of hydrogen-bond donors (Lipinski definition) is 0. The van der Waals surface area contributed by atoms with Gasteiger partial charge in [-0.25, -0.2) is 9.98 Å². The highest BCUT2D eigenvalue weighted by Crippen LogP contribution is 2.36. The molecule has 0 unspecified atom stereocenters. The summed E-state index contributed by atoms with van der Waals surface area (Å²) in [7, 11) is 0. The smallest absolute Gasteiger partial charge is 0.355 e. The van der Waals surface area contributed by atoms with E-state index in [1.807, 2.05) is 12.1 Å². The molecule has 0 amide bonds. The highest BCUT2D eigenvalue weighted by atomic mass is 35.5. The third-order valence-corrected chi connectivity index (χ3v) is 6.43. The molecule has 10 heteroatoms. The van der Waals surface area contributed by atoms with E-state index in [-0.39, 0.29) is 18.2 Å². The summed E-state index contributed by atoms with van der Waals surface area (Å²) in [4.78, 5) is 20.4. The Labute approximate surface area is 201 Å². The monoisotopic (exact) mass is 488 g/mol. The molecule has 2 aliphatic rings. The van der Waals surface area contributed by atoms with Gasteiger partial charge in [0.15, 0.2) is 5.82 Å². The van der Waals surface area contributed by atoms with Crippen molar-refractivity contribution < 1.29 is 13.2 Å². The fourth-order valence-corrected chi connectivity index (χ4v) is 4.73. The van der Waals surface area contributed by atoms with Gasteiger partial charge in [-0.15, -0.1) is 0 Å². The van der Waals surface area contributed by atoms with Crippen LogP contribution in [0.25, 0.3) is 0 Å². The largest absolute Gasteiger partial charge is 0.418 e. The summed E-state index contributed by atoms with van der Waals surface area (Å²) in [5.41, 5.74) is 0.741. The molecule has 1 fully saturated rings. The van der Waals surface area contributed by atoms with Crippen LogP contribution < -0.4 is 4.90 Å². The molecular formula is C24H24ClF3N6. The topological polar surface area (TPSA) is 57.0 Å². The maximum Gasteiger partial charge on any atom is 0.418 e. The highest BCUT2D eigenvalue weighted by molar-refractivity contribution is 6.32. The molecule has 1 saturated heterocycles. The first-order valence-corrected chi connectivity index (χ1v) is 11.2. The van der Waals surface area contributed by atoms with Gasteiger partial charge in [0.2, 0.25) is 0 Å². The first-order chi connectivity index (χ1) is 16.3. The quantitative estimate of drug-likeness (QED) is 0.512. The average molecular weight is 489 g/mol. The van der Waals surface area contributed by atoms with Crippen molar-refractivity contribution in [2.24, 2.45) is 15.9 Å². The van der Waals surface area contributed by atoms with Crippen LogP contribution in [0.1, 0.15) is 24.1 Å². The van der Waals surface area contributed by atoms with E-state index >= 15 is 0 Å². The van der Waals surface area contributed by atoms with Gasteiger partial charge in [0.05, 0.1) is 22.8 Å². The molecule has 6 nitrogen and oxygen atoms in total. The summed E-state index contributed by atoms with van der Waals surface area (Å²) < 4.78 is 40.6. The van der Waals surface area contributed by atoms with Crippen molar-refractivity contribution in [1.82, 2.24) is 14.9 Å². The van der Waals surface area contributed by atoms with Crippen molar-refractivity contribution >= 4 is 30.9 Å².